The number of aryl methyl sites for hydroxylation is 2. The van der Waals surface area contributed by atoms with Crippen LogP contribution in [-0.4, -0.2) is 44.3 Å². The SMILES string of the molecule is Cc1cc(C)n(-c2ccccc2CNC(=O)NC2C[C@@H](O)[C@@H](O)C2)n1. The number of aliphatic hydroxyl groups is 2. The molecule has 1 saturated carbocycles. The number of amides is 2. The third-order valence-corrected chi connectivity index (χ3v) is 4.50. The molecule has 1 aliphatic carbocycles. The fourth-order valence-electron chi connectivity index (χ4n) is 3.26. The van der Waals surface area contributed by atoms with Crippen LogP contribution in [0.1, 0.15) is 29.8 Å². The fourth-order valence-corrected chi connectivity index (χ4v) is 3.26. The first-order chi connectivity index (χ1) is 11.9. The third kappa shape index (κ3) is 4.00. The van der Waals surface area contributed by atoms with Gasteiger partial charge >= 0.3 is 6.03 Å². The van der Waals surface area contributed by atoms with E-state index < -0.39 is 12.2 Å². The van der Waals surface area contributed by atoms with Crippen LogP contribution in [0.4, 0.5) is 4.79 Å². The van der Waals surface area contributed by atoms with Gasteiger partial charge in [-0.3, -0.25) is 0 Å². The van der Waals surface area contributed by atoms with Crippen molar-refractivity contribution in [3.8, 4) is 5.69 Å². The van der Waals surface area contributed by atoms with E-state index in [1.807, 2.05) is 48.9 Å². The molecule has 134 valence electrons. The van der Waals surface area contributed by atoms with Gasteiger partial charge in [-0.15, -0.1) is 0 Å². The molecule has 7 heteroatoms. The number of para-hydroxylation sites is 1. The number of hydrogen-bond donors (Lipinski definition) is 4. The average molecular weight is 344 g/mol. The van der Waals surface area contributed by atoms with Crippen molar-refractivity contribution in [1.29, 1.82) is 0 Å². The van der Waals surface area contributed by atoms with Crippen LogP contribution in [0, 0.1) is 13.8 Å². The van der Waals surface area contributed by atoms with E-state index in [1.165, 1.54) is 0 Å². The van der Waals surface area contributed by atoms with Crippen molar-refractivity contribution in [2.24, 2.45) is 0 Å². The number of urea groups is 1. The second-order valence-corrected chi connectivity index (χ2v) is 6.60. The number of hydrogen-bond acceptors (Lipinski definition) is 4. The number of carbonyl (C=O) groups excluding carboxylic acids is 1. The molecule has 2 aromatic rings. The number of nitrogens with zero attached hydrogens (tertiary/aromatic N) is 2. The predicted octanol–water partition coefficient (Wildman–Crippen LogP) is 1.17. The van der Waals surface area contributed by atoms with E-state index in [0.717, 1.165) is 22.6 Å². The van der Waals surface area contributed by atoms with Crippen LogP contribution in [0.3, 0.4) is 0 Å². The number of aromatic nitrogens is 2. The molecular weight excluding hydrogens is 320 g/mol. The van der Waals surface area contributed by atoms with Crippen molar-refractivity contribution in [2.45, 2.75) is 51.5 Å². The Morgan fingerprint density at radius 1 is 1.24 bits per heavy atom. The average Bonchev–Trinajstić information content (AvgIpc) is 3.06. The second kappa shape index (κ2) is 7.25. The zero-order chi connectivity index (χ0) is 18.0. The first-order valence-corrected chi connectivity index (χ1v) is 8.46. The minimum Gasteiger partial charge on any atom is -0.390 e. The maximum Gasteiger partial charge on any atom is 0.315 e. The summed E-state index contributed by atoms with van der Waals surface area (Å²) in [5.41, 5.74) is 3.86. The summed E-state index contributed by atoms with van der Waals surface area (Å²) in [5, 5.41) is 29.2. The van der Waals surface area contributed by atoms with Crippen molar-refractivity contribution in [3.63, 3.8) is 0 Å². The van der Waals surface area contributed by atoms with Gasteiger partial charge in [-0.2, -0.15) is 5.10 Å². The number of rotatable bonds is 4. The molecule has 0 bridgehead atoms. The molecule has 2 amide bonds. The lowest BCUT2D eigenvalue weighted by atomic mass is 10.1. The van der Waals surface area contributed by atoms with Crippen LogP contribution >= 0.6 is 0 Å². The quantitative estimate of drug-likeness (QED) is 0.669. The van der Waals surface area contributed by atoms with Gasteiger partial charge in [0.15, 0.2) is 0 Å². The van der Waals surface area contributed by atoms with E-state index in [2.05, 4.69) is 15.7 Å². The Balaban J connectivity index is 1.64. The maximum atomic E-state index is 12.1. The number of carbonyl (C=O) groups is 1. The molecule has 1 aromatic carbocycles. The van der Waals surface area contributed by atoms with Crippen molar-refractivity contribution in [1.82, 2.24) is 20.4 Å². The molecule has 3 atom stereocenters. The van der Waals surface area contributed by atoms with Gasteiger partial charge in [0.05, 0.1) is 23.6 Å². The summed E-state index contributed by atoms with van der Waals surface area (Å²) in [5.74, 6) is 0. The van der Waals surface area contributed by atoms with Crippen LogP contribution in [0.5, 0.6) is 0 Å². The normalized spacial score (nSPS) is 22.8. The highest BCUT2D eigenvalue weighted by atomic mass is 16.3. The van der Waals surface area contributed by atoms with Gasteiger partial charge in [-0.05, 0) is 44.4 Å². The summed E-state index contributed by atoms with van der Waals surface area (Å²) in [6.07, 6.45) is -0.789. The minimum atomic E-state index is -0.767. The topological polar surface area (TPSA) is 99.4 Å². The molecule has 1 aliphatic rings. The molecule has 0 aliphatic heterocycles. The van der Waals surface area contributed by atoms with Crippen molar-refractivity contribution in [2.75, 3.05) is 0 Å². The highest BCUT2D eigenvalue weighted by Crippen LogP contribution is 2.20. The summed E-state index contributed by atoms with van der Waals surface area (Å²) in [6.45, 7) is 4.30. The highest BCUT2D eigenvalue weighted by molar-refractivity contribution is 5.74. The summed E-state index contributed by atoms with van der Waals surface area (Å²) in [6, 6.07) is 9.27. The molecule has 4 N–H and O–H groups in total. The largest absolute Gasteiger partial charge is 0.390 e. The molecule has 1 fully saturated rings. The number of nitrogens with one attached hydrogen (secondary N) is 2. The van der Waals surface area contributed by atoms with E-state index in [0.29, 0.717) is 19.4 Å². The van der Waals surface area contributed by atoms with Gasteiger partial charge in [0.1, 0.15) is 0 Å². The zero-order valence-electron chi connectivity index (χ0n) is 14.4. The second-order valence-electron chi connectivity index (χ2n) is 6.60. The Hall–Kier alpha value is -2.38. The molecule has 25 heavy (non-hydrogen) atoms. The van der Waals surface area contributed by atoms with Crippen LogP contribution in [0.2, 0.25) is 0 Å². The molecule has 1 heterocycles. The van der Waals surface area contributed by atoms with Crippen LogP contribution in [0.25, 0.3) is 5.69 Å². The summed E-state index contributed by atoms with van der Waals surface area (Å²) >= 11 is 0. The van der Waals surface area contributed by atoms with Gasteiger partial charge < -0.3 is 20.8 Å². The fraction of sp³-hybridized carbons (Fsp3) is 0.444. The molecule has 7 nitrogen and oxygen atoms in total. The predicted molar refractivity (Wildman–Crippen MR) is 93.4 cm³/mol. The van der Waals surface area contributed by atoms with Gasteiger partial charge in [0.25, 0.3) is 0 Å². The molecule has 1 unspecified atom stereocenters. The Morgan fingerprint density at radius 3 is 2.56 bits per heavy atom. The molecule has 0 spiro atoms. The smallest absolute Gasteiger partial charge is 0.315 e. The lowest BCUT2D eigenvalue weighted by Crippen LogP contribution is -2.41. The highest BCUT2D eigenvalue weighted by Gasteiger charge is 2.32. The van der Waals surface area contributed by atoms with Crippen molar-refractivity contribution >= 4 is 6.03 Å². The van der Waals surface area contributed by atoms with Gasteiger partial charge in [-0.1, -0.05) is 18.2 Å². The Bertz CT molecular complexity index is 749. The first-order valence-electron chi connectivity index (χ1n) is 8.46. The molecular formula is C18H24N4O3. The minimum absolute atomic E-state index is 0.212. The Morgan fingerprint density at radius 2 is 1.92 bits per heavy atom. The zero-order valence-corrected chi connectivity index (χ0v) is 14.4. The van der Waals surface area contributed by atoms with Crippen LogP contribution in [0.15, 0.2) is 30.3 Å². The standard InChI is InChI=1S/C18H24N4O3/c1-11-7-12(2)22(21-11)15-6-4-3-5-13(15)10-19-18(25)20-14-8-16(23)17(24)9-14/h3-7,14,16-17,23-24H,8-10H2,1-2H3,(H2,19,20,25)/t14?,16-,17+. The van der Waals surface area contributed by atoms with Crippen LogP contribution < -0.4 is 10.6 Å². The molecule has 0 saturated heterocycles. The third-order valence-electron chi connectivity index (χ3n) is 4.50. The van der Waals surface area contributed by atoms with Crippen molar-refractivity contribution in [3.05, 3.63) is 47.3 Å². The molecule has 1 aromatic heterocycles. The molecule has 0 radical (unpaired) electrons. The lowest BCUT2D eigenvalue weighted by Gasteiger charge is -2.15. The van der Waals surface area contributed by atoms with E-state index in [-0.39, 0.29) is 12.1 Å². The molecule has 3 rings (SSSR count). The summed E-state index contributed by atoms with van der Waals surface area (Å²) < 4.78 is 1.87. The van der Waals surface area contributed by atoms with E-state index in [9.17, 15) is 15.0 Å². The monoisotopic (exact) mass is 344 g/mol. The maximum absolute atomic E-state index is 12.1. The first kappa shape index (κ1) is 17.4. The summed E-state index contributed by atoms with van der Waals surface area (Å²) in [4.78, 5) is 12.1. The van der Waals surface area contributed by atoms with Crippen molar-refractivity contribution < 1.29 is 15.0 Å². The number of benzene rings is 1. The van der Waals surface area contributed by atoms with E-state index in [1.54, 1.807) is 0 Å². The van der Waals surface area contributed by atoms with Gasteiger partial charge in [-0.25, -0.2) is 9.48 Å². The lowest BCUT2D eigenvalue weighted by molar-refractivity contribution is 0.0438. The van der Waals surface area contributed by atoms with Gasteiger partial charge in [0.2, 0.25) is 0 Å². The van der Waals surface area contributed by atoms with E-state index in [4.69, 9.17) is 0 Å². The Labute approximate surface area is 146 Å². The van der Waals surface area contributed by atoms with Crippen LogP contribution in [-0.2, 0) is 6.54 Å². The van der Waals surface area contributed by atoms with Gasteiger partial charge in [0, 0.05) is 18.3 Å². The number of aliphatic hydroxyl groups excluding tert-OH is 2. The Kier molecular flexibility index (Phi) is 5.06. The summed E-state index contributed by atoms with van der Waals surface area (Å²) in [7, 11) is 0. The van der Waals surface area contributed by atoms with E-state index >= 15 is 0 Å².